The average Bonchev–Trinajstić information content (AvgIpc) is 3.22. The van der Waals surface area contributed by atoms with Crippen molar-refractivity contribution in [3.8, 4) is 28.5 Å². The van der Waals surface area contributed by atoms with E-state index < -0.39 is 5.82 Å². The van der Waals surface area contributed by atoms with Crippen LogP contribution >= 0.6 is 0 Å². The Morgan fingerprint density at radius 2 is 1.97 bits per heavy atom. The van der Waals surface area contributed by atoms with Crippen molar-refractivity contribution in [2.45, 2.75) is 26.4 Å². The molecule has 2 aromatic carbocycles. The normalized spacial score (nSPS) is 14.5. The summed E-state index contributed by atoms with van der Waals surface area (Å²) in [6.07, 6.45) is 1.79. The predicted octanol–water partition coefficient (Wildman–Crippen LogP) is 3.65. The fourth-order valence-corrected chi connectivity index (χ4v) is 3.74. The molecule has 0 aliphatic carbocycles. The van der Waals surface area contributed by atoms with Crippen LogP contribution in [0.3, 0.4) is 0 Å². The van der Waals surface area contributed by atoms with Crippen LogP contribution in [-0.2, 0) is 6.42 Å². The number of halogens is 1. The number of hydrogen-bond acceptors (Lipinski definition) is 6. The van der Waals surface area contributed by atoms with E-state index in [1.807, 2.05) is 19.9 Å². The number of nitrogens with zero attached hydrogens (tertiary/aromatic N) is 2. The molecular weight excluding hydrogens is 413 g/mol. The number of methoxy groups -OCH3 is 2. The molecule has 1 atom stereocenters. The summed E-state index contributed by atoms with van der Waals surface area (Å²) in [7, 11) is 3.04. The van der Waals surface area contributed by atoms with Crippen LogP contribution in [0.15, 0.2) is 36.5 Å². The summed E-state index contributed by atoms with van der Waals surface area (Å²) in [4.78, 5) is 21.4. The topological polar surface area (TPSA) is 82.6 Å². The van der Waals surface area contributed by atoms with E-state index >= 15 is 0 Å². The fraction of sp³-hybridized carbons (Fsp3) is 0.292. The van der Waals surface area contributed by atoms with Gasteiger partial charge >= 0.3 is 0 Å². The SMILES string of the molecule is COc1ccc(C(=O)NCC2Cc3cc(-c4nc(C)cnc4C)cc(F)c3O2)cc1OC. The van der Waals surface area contributed by atoms with Crippen molar-refractivity contribution in [1.29, 1.82) is 0 Å². The summed E-state index contributed by atoms with van der Waals surface area (Å²) in [5.74, 6) is 0.496. The van der Waals surface area contributed by atoms with Gasteiger partial charge in [0.25, 0.3) is 5.91 Å². The fourth-order valence-electron chi connectivity index (χ4n) is 3.74. The molecule has 1 aliphatic heterocycles. The molecule has 1 aliphatic rings. The second-order valence-corrected chi connectivity index (χ2v) is 7.62. The Bertz CT molecular complexity index is 1180. The van der Waals surface area contributed by atoms with Gasteiger partial charge in [0.2, 0.25) is 0 Å². The van der Waals surface area contributed by atoms with E-state index in [0.717, 1.165) is 17.0 Å². The molecule has 0 saturated carbocycles. The number of carbonyl (C=O) groups is 1. The van der Waals surface area contributed by atoms with Crippen LogP contribution in [0.1, 0.15) is 27.3 Å². The lowest BCUT2D eigenvalue weighted by Gasteiger charge is -2.13. The lowest BCUT2D eigenvalue weighted by molar-refractivity contribution is 0.0932. The third-order valence-electron chi connectivity index (χ3n) is 5.34. The molecule has 32 heavy (non-hydrogen) atoms. The monoisotopic (exact) mass is 437 g/mol. The first-order valence-corrected chi connectivity index (χ1v) is 10.2. The number of benzene rings is 2. The molecule has 3 aromatic rings. The number of aryl methyl sites for hydroxylation is 2. The molecule has 0 bridgehead atoms. The summed E-state index contributed by atoms with van der Waals surface area (Å²) in [5, 5.41) is 2.84. The zero-order valence-corrected chi connectivity index (χ0v) is 18.4. The Hall–Kier alpha value is -3.68. The molecule has 8 heteroatoms. The van der Waals surface area contributed by atoms with Crippen LogP contribution < -0.4 is 19.5 Å². The second-order valence-electron chi connectivity index (χ2n) is 7.62. The van der Waals surface area contributed by atoms with Crippen LogP contribution in [0, 0.1) is 19.7 Å². The molecule has 1 amide bonds. The molecule has 1 N–H and O–H groups in total. The summed E-state index contributed by atoms with van der Waals surface area (Å²) in [6.45, 7) is 3.93. The minimum atomic E-state index is -0.450. The lowest BCUT2D eigenvalue weighted by atomic mass is 10.0. The summed E-state index contributed by atoms with van der Waals surface area (Å²) >= 11 is 0. The number of ether oxygens (including phenoxy) is 3. The van der Waals surface area contributed by atoms with Gasteiger partial charge in [-0.2, -0.15) is 0 Å². The largest absolute Gasteiger partial charge is 0.493 e. The summed E-state index contributed by atoms with van der Waals surface area (Å²) in [5.41, 5.74) is 3.98. The van der Waals surface area contributed by atoms with Crippen molar-refractivity contribution < 1.29 is 23.4 Å². The third kappa shape index (κ3) is 4.21. The van der Waals surface area contributed by atoms with Gasteiger partial charge in [0.15, 0.2) is 23.1 Å². The van der Waals surface area contributed by atoms with Gasteiger partial charge in [-0.1, -0.05) is 0 Å². The maximum atomic E-state index is 14.8. The molecule has 1 aromatic heterocycles. The van der Waals surface area contributed by atoms with E-state index in [2.05, 4.69) is 15.3 Å². The maximum absolute atomic E-state index is 14.8. The van der Waals surface area contributed by atoms with Crippen LogP contribution in [0.2, 0.25) is 0 Å². The number of rotatable bonds is 6. The summed E-state index contributed by atoms with van der Waals surface area (Å²) in [6, 6.07) is 8.22. The Morgan fingerprint density at radius 3 is 2.72 bits per heavy atom. The van der Waals surface area contributed by atoms with Gasteiger partial charge in [0.05, 0.1) is 37.8 Å². The molecular formula is C24H24FN3O4. The Labute approximate surface area is 185 Å². The van der Waals surface area contributed by atoms with Crippen LogP contribution in [0.5, 0.6) is 17.2 Å². The molecule has 7 nitrogen and oxygen atoms in total. The van der Waals surface area contributed by atoms with Crippen molar-refractivity contribution in [1.82, 2.24) is 15.3 Å². The number of carbonyl (C=O) groups excluding carboxylic acids is 1. The standard InChI is InChI=1S/C24H24FN3O4/c1-13-11-26-14(2)22(28-13)16-7-17-8-18(32-23(17)19(25)9-16)12-27-24(29)15-5-6-20(30-3)21(10-15)31-4/h5-7,9-11,18H,8,12H2,1-4H3,(H,27,29). The van der Waals surface area contributed by atoms with Gasteiger partial charge in [0.1, 0.15) is 6.10 Å². The number of hydrogen-bond donors (Lipinski definition) is 1. The first-order chi connectivity index (χ1) is 15.4. The highest BCUT2D eigenvalue weighted by atomic mass is 19.1. The molecule has 0 saturated heterocycles. The Morgan fingerprint density at radius 1 is 1.19 bits per heavy atom. The van der Waals surface area contributed by atoms with Crippen molar-refractivity contribution in [2.75, 3.05) is 20.8 Å². The van der Waals surface area contributed by atoms with Crippen LogP contribution in [0.4, 0.5) is 4.39 Å². The highest BCUT2D eigenvalue weighted by molar-refractivity contribution is 5.94. The zero-order chi connectivity index (χ0) is 22.8. The highest BCUT2D eigenvalue weighted by Crippen LogP contribution is 2.36. The first kappa shape index (κ1) is 21.5. The van der Waals surface area contributed by atoms with Gasteiger partial charge in [-0.05, 0) is 44.2 Å². The van der Waals surface area contributed by atoms with E-state index in [0.29, 0.717) is 34.7 Å². The van der Waals surface area contributed by atoms with Gasteiger partial charge in [0, 0.05) is 29.3 Å². The van der Waals surface area contributed by atoms with E-state index in [4.69, 9.17) is 14.2 Å². The van der Waals surface area contributed by atoms with E-state index in [-0.39, 0.29) is 24.3 Å². The lowest BCUT2D eigenvalue weighted by Crippen LogP contribution is -2.34. The van der Waals surface area contributed by atoms with Gasteiger partial charge < -0.3 is 19.5 Å². The number of amides is 1. The zero-order valence-electron chi connectivity index (χ0n) is 18.4. The molecule has 0 radical (unpaired) electrons. The van der Waals surface area contributed by atoms with Gasteiger partial charge in [-0.25, -0.2) is 9.37 Å². The van der Waals surface area contributed by atoms with E-state index in [1.54, 1.807) is 24.4 Å². The smallest absolute Gasteiger partial charge is 0.251 e. The van der Waals surface area contributed by atoms with Crippen LogP contribution in [-0.4, -0.2) is 42.7 Å². The van der Waals surface area contributed by atoms with Gasteiger partial charge in [-0.3, -0.25) is 9.78 Å². The van der Waals surface area contributed by atoms with E-state index in [1.165, 1.54) is 20.3 Å². The number of fused-ring (bicyclic) bond motifs is 1. The molecule has 166 valence electrons. The molecule has 0 spiro atoms. The average molecular weight is 437 g/mol. The minimum absolute atomic E-state index is 0.220. The third-order valence-corrected chi connectivity index (χ3v) is 5.34. The molecule has 0 fully saturated rings. The Balaban J connectivity index is 1.46. The minimum Gasteiger partial charge on any atom is -0.493 e. The summed E-state index contributed by atoms with van der Waals surface area (Å²) < 4.78 is 31.0. The first-order valence-electron chi connectivity index (χ1n) is 10.2. The molecule has 1 unspecified atom stereocenters. The van der Waals surface area contributed by atoms with Crippen LogP contribution in [0.25, 0.3) is 11.3 Å². The maximum Gasteiger partial charge on any atom is 0.251 e. The van der Waals surface area contributed by atoms with E-state index in [9.17, 15) is 9.18 Å². The quantitative estimate of drug-likeness (QED) is 0.634. The van der Waals surface area contributed by atoms with Crippen molar-refractivity contribution >= 4 is 5.91 Å². The van der Waals surface area contributed by atoms with Crippen molar-refractivity contribution in [2.24, 2.45) is 0 Å². The highest BCUT2D eigenvalue weighted by Gasteiger charge is 2.28. The Kier molecular flexibility index (Phi) is 5.94. The predicted molar refractivity (Wildman–Crippen MR) is 117 cm³/mol. The molecule has 2 heterocycles. The molecule has 4 rings (SSSR count). The number of nitrogens with one attached hydrogen (secondary N) is 1. The van der Waals surface area contributed by atoms with Crippen molar-refractivity contribution in [3.63, 3.8) is 0 Å². The second kappa shape index (κ2) is 8.82. The van der Waals surface area contributed by atoms with Crippen molar-refractivity contribution in [3.05, 3.63) is 64.9 Å². The van der Waals surface area contributed by atoms with Gasteiger partial charge in [-0.15, -0.1) is 0 Å². The number of aromatic nitrogens is 2.